The van der Waals surface area contributed by atoms with Crippen molar-refractivity contribution < 1.29 is 0 Å². The average Bonchev–Trinajstić information content (AvgIpc) is 2.82. The van der Waals surface area contributed by atoms with Crippen LogP contribution in [-0.2, 0) is 0 Å². The minimum atomic E-state index is 0.178. The second-order valence-electron chi connectivity index (χ2n) is 4.57. The highest BCUT2D eigenvalue weighted by atomic mass is 35.5. The summed E-state index contributed by atoms with van der Waals surface area (Å²) in [6.07, 6.45) is 3.06. The molecule has 3 heteroatoms. The number of rotatable bonds is 5. The molecule has 1 aromatic heterocycles. The minimum absolute atomic E-state index is 0.178. The Morgan fingerprint density at radius 3 is 2.78 bits per heavy atom. The Bertz CT molecular complexity index is 471. The first-order valence-electron chi connectivity index (χ1n) is 6.34. The summed E-state index contributed by atoms with van der Waals surface area (Å²) in [5, 5.41) is 4.34. The standard InChI is InChI=1S/C15H19ClN2/c1-3-6-18-15(14-5-4-7-17-14)12-8-11(2)9-13(16)10-12/h4-5,7-10,15,17-18H,3,6H2,1-2H3. The summed E-state index contributed by atoms with van der Waals surface area (Å²) in [4.78, 5) is 3.28. The zero-order valence-corrected chi connectivity index (χ0v) is 11.6. The first-order chi connectivity index (χ1) is 8.70. The van der Waals surface area contributed by atoms with E-state index in [0.29, 0.717) is 0 Å². The Morgan fingerprint density at radius 1 is 1.33 bits per heavy atom. The van der Waals surface area contributed by atoms with Crippen LogP contribution >= 0.6 is 11.6 Å². The maximum atomic E-state index is 6.15. The fourth-order valence-electron chi connectivity index (χ4n) is 2.15. The van der Waals surface area contributed by atoms with Crippen molar-refractivity contribution in [3.63, 3.8) is 0 Å². The lowest BCUT2D eigenvalue weighted by Gasteiger charge is -2.19. The molecule has 0 aliphatic carbocycles. The lowest BCUT2D eigenvalue weighted by atomic mass is 10.0. The van der Waals surface area contributed by atoms with Crippen molar-refractivity contribution in [1.29, 1.82) is 0 Å². The fourth-order valence-corrected chi connectivity index (χ4v) is 2.45. The van der Waals surface area contributed by atoms with Crippen molar-refractivity contribution in [1.82, 2.24) is 10.3 Å². The maximum absolute atomic E-state index is 6.15. The summed E-state index contributed by atoms with van der Waals surface area (Å²) in [5.74, 6) is 0. The van der Waals surface area contributed by atoms with E-state index in [4.69, 9.17) is 11.6 Å². The van der Waals surface area contributed by atoms with Gasteiger partial charge in [0.2, 0.25) is 0 Å². The highest BCUT2D eigenvalue weighted by molar-refractivity contribution is 6.30. The normalized spacial score (nSPS) is 12.6. The third kappa shape index (κ3) is 3.15. The molecule has 0 aliphatic heterocycles. The zero-order valence-electron chi connectivity index (χ0n) is 10.8. The van der Waals surface area contributed by atoms with Crippen LogP contribution in [0.25, 0.3) is 0 Å². The predicted molar refractivity (Wildman–Crippen MR) is 77.1 cm³/mol. The van der Waals surface area contributed by atoms with E-state index in [2.05, 4.69) is 36.3 Å². The lowest BCUT2D eigenvalue weighted by Crippen LogP contribution is -2.23. The predicted octanol–water partition coefficient (Wildman–Crippen LogP) is 4.07. The van der Waals surface area contributed by atoms with E-state index >= 15 is 0 Å². The Kier molecular flexibility index (Phi) is 4.45. The average molecular weight is 263 g/mol. The SMILES string of the molecule is CCCNC(c1cc(C)cc(Cl)c1)c1ccc[nH]1. The van der Waals surface area contributed by atoms with Crippen LogP contribution in [0.1, 0.15) is 36.2 Å². The Morgan fingerprint density at radius 2 is 2.17 bits per heavy atom. The number of aromatic nitrogens is 1. The van der Waals surface area contributed by atoms with Gasteiger partial charge in [-0.15, -0.1) is 0 Å². The van der Waals surface area contributed by atoms with Gasteiger partial charge in [-0.2, -0.15) is 0 Å². The van der Waals surface area contributed by atoms with Gasteiger partial charge in [0.1, 0.15) is 0 Å². The Balaban J connectivity index is 2.33. The third-order valence-electron chi connectivity index (χ3n) is 2.93. The van der Waals surface area contributed by atoms with Crippen molar-refractivity contribution in [2.24, 2.45) is 0 Å². The first-order valence-corrected chi connectivity index (χ1v) is 6.72. The molecule has 0 bridgehead atoms. The van der Waals surface area contributed by atoms with Crippen LogP contribution in [0.3, 0.4) is 0 Å². The number of benzene rings is 1. The van der Waals surface area contributed by atoms with E-state index in [-0.39, 0.29) is 6.04 Å². The zero-order chi connectivity index (χ0) is 13.0. The van der Waals surface area contributed by atoms with Gasteiger partial charge in [-0.25, -0.2) is 0 Å². The molecule has 0 fully saturated rings. The van der Waals surface area contributed by atoms with Gasteiger partial charge in [-0.1, -0.05) is 24.6 Å². The summed E-state index contributed by atoms with van der Waals surface area (Å²) in [6.45, 7) is 5.22. The van der Waals surface area contributed by atoms with E-state index in [0.717, 1.165) is 18.0 Å². The second kappa shape index (κ2) is 6.07. The molecule has 0 saturated carbocycles. The molecule has 2 nitrogen and oxygen atoms in total. The number of nitrogens with one attached hydrogen (secondary N) is 2. The molecular weight excluding hydrogens is 244 g/mol. The van der Waals surface area contributed by atoms with Crippen LogP contribution in [-0.4, -0.2) is 11.5 Å². The summed E-state index contributed by atoms with van der Waals surface area (Å²) in [6, 6.07) is 10.5. The van der Waals surface area contributed by atoms with Gasteiger partial charge in [0, 0.05) is 16.9 Å². The van der Waals surface area contributed by atoms with E-state index in [1.165, 1.54) is 16.8 Å². The second-order valence-corrected chi connectivity index (χ2v) is 5.01. The van der Waals surface area contributed by atoms with Gasteiger partial charge < -0.3 is 10.3 Å². The molecule has 0 spiro atoms. The number of hydrogen-bond donors (Lipinski definition) is 2. The van der Waals surface area contributed by atoms with Crippen molar-refractivity contribution in [3.05, 3.63) is 58.4 Å². The summed E-state index contributed by atoms with van der Waals surface area (Å²) < 4.78 is 0. The first kappa shape index (κ1) is 13.2. The molecule has 2 aromatic rings. The summed E-state index contributed by atoms with van der Waals surface area (Å²) in [5.41, 5.74) is 3.56. The van der Waals surface area contributed by atoms with Crippen LogP contribution in [0, 0.1) is 6.92 Å². The molecule has 1 atom stereocenters. The number of aryl methyl sites for hydroxylation is 1. The molecular formula is C15H19ClN2. The molecule has 2 rings (SSSR count). The van der Waals surface area contributed by atoms with Crippen molar-refractivity contribution >= 4 is 11.6 Å². The van der Waals surface area contributed by atoms with E-state index in [1.807, 2.05) is 24.4 Å². The van der Waals surface area contributed by atoms with Crippen LogP contribution < -0.4 is 5.32 Å². The van der Waals surface area contributed by atoms with Gasteiger partial charge in [0.25, 0.3) is 0 Å². The van der Waals surface area contributed by atoms with E-state index in [9.17, 15) is 0 Å². The van der Waals surface area contributed by atoms with Crippen molar-refractivity contribution in [2.75, 3.05) is 6.54 Å². The van der Waals surface area contributed by atoms with Gasteiger partial charge >= 0.3 is 0 Å². The molecule has 18 heavy (non-hydrogen) atoms. The molecule has 1 aromatic carbocycles. The molecule has 0 radical (unpaired) electrons. The monoisotopic (exact) mass is 262 g/mol. The largest absolute Gasteiger partial charge is 0.363 e. The molecule has 0 aliphatic rings. The van der Waals surface area contributed by atoms with Gasteiger partial charge in [-0.05, 0) is 55.3 Å². The quantitative estimate of drug-likeness (QED) is 0.835. The van der Waals surface area contributed by atoms with E-state index in [1.54, 1.807) is 0 Å². The maximum Gasteiger partial charge on any atom is 0.0729 e. The number of halogens is 1. The highest BCUT2D eigenvalue weighted by Gasteiger charge is 2.14. The van der Waals surface area contributed by atoms with Gasteiger partial charge in [0.05, 0.1) is 6.04 Å². The van der Waals surface area contributed by atoms with Crippen molar-refractivity contribution in [3.8, 4) is 0 Å². The Labute approximate surface area is 113 Å². The van der Waals surface area contributed by atoms with Crippen LogP contribution in [0.4, 0.5) is 0 Å². The Hall–Kier alpha value is -1.25. The topological polar surface area (TPSA) is 27.8 Å². The molecule has 1 heterocycles. The number of aromatic amines is 1. The third-order valence-corrected chi connectivity index (χ3v) is 3.15. The minimum Gasteiger partial charge on any atom is -0.363 e. The van der Waals surface area contributed by atoms with Gasteiger partial charge in [-0.3, -0.25) is 0 Å². The fraction of sp³-hybridized carbons (Fsp3) is 0.333. The van der Waals surface area contributed by atoms with E-state index < -0.39 is 0 Å². The molecule has 0 saturated heterocycles. The number of H-pyrrole nitrogens is 1. The van der Waals surface area contributed by atoms with Crippen LogP contribution in [0.2, 0.25) is 5.02 Å². The summed E-state index contributed by atoms with van der Waals surface area (Å²) >= 11 is 6.15. The lowest BCUT2D eigenvalue weighted by molar-refractivity contribution is 0.588. The molecule has 96 valence electrons. The summed E-state index contributed by atoms with van der Waals surface area (Å²) in [7, 11) is 0. The smallest absolute Gasteiger partial charge is 0.0729 e. The molecule has 1 unspecified atom stereocenters. The van der Waals surface area contributed by atoms with Crippen LogP contribution in [0.15, 0.2) is 36.5 Å². The molecule has 2 N–H and O–H groups in total. The van der Waals surface area contributed by atoms with Crippen molar-refractivity contribution in [2.45, 2.75) is 26.3 Å². The van der Waals surface area contributed by atoms with Gasteiger partial charge in [0.15, 0.2) is 0 Å². The number of hydrogen-bond acceptors (Lipinski definition) is 1. The highest BCUT2D eigenvalue weighted by Crippen LogP contribution is 2.25. The van der Waals surface area contributed by atoms with Crippen LogP contribution in [0.5, 0.6) is 0 Å². The molecule has 0 amide bonds.